The fourth-order valence-electron chi connectivity index (χ4n) is 1.73. The fourth-order valence-corrected chi connectivity index (χ4v) is 1.73. The highest BCUT2D eigenvalue weighted by molar-refractivity contribution is 5.92. The van der Waals surface area contributed by atoms with Gasteiger partial charge in [-0.05, 0) is 37.1 Å². The van der Waals surface area contributed by atoms with Gasteiger partial charge in [0.15, 0.2) is 0 Å². The molecule has 1 rings (SSSR count). The summed E-state index contributed by atoms with van der Waals surface area (Å²) in [6, 6.07) is 5.53. The zero-order chi connectivity index (χ0) is 15.7. The van der Waals surface area contributed by atoms with Crippen LogP contribution < -0.4 is 15.4 Å². The topological polar surface area (TPSA) is 87.7 Å². The van der Waals surface area contributed by atoms with Crippen molar-refractivity contribution in [1.82, 2.24) is 5.32 Å². The fraction of sp³-hybridized carbons (Fsp3) is 0.467. The van der Waals surface area contributed by atoms with Gasteiger partial charge in [0.25, 0.3) is 0 Å². The van der Waals surface area contributed by atoms with Gasteiger partial charge in [-0.2, -0.15) is 0 Å². The number of amides is 2. The number of carboxylic acids is 1. The average molecular weight is 294 g/mol. The number of benzene rings is 1. The van der Waals surface area contributed by atoms with Crippen LogP contribution in [0.3, 0.4) is 0 Å². The Morgan fingerprint density at radius 1 is 1.19 bits per heavy atom. The molecule has 6 nitrogen and oxygen atoms in total. The van der Waals surface area contributed by atoms with Gasteiger partial charge in [-0.25, -0.2) is 9.59 Å². The minimum Gasteiger partial charge on any atom is -0.494 e. The molecule has 3 N–H and O–H groups in total. The number of hydrogen-bond acceptors (Lipinski definition) is 3. The van der Waals surface area contributed by atoms with E-state index in [2.05, 4.69) is 10.6 Å². The van der Waals surface area contributed by atoms with Crippen LogP contribution in [0, 0.1) is 0 Å². The molecule has 1 aromatic carbocycles. The molecule has 0 aliphatic rings. The van der Waals surface area contributed by atoms with Crippen LogP contribution in [0.5, 0.6) is 5.75 Å². The minimum atomic E-state index is -1.03. The van der Waals surface area contributed by atoms with Crippen molar-refractivity contribution in [3.63, 3.8) is 0 Å². The van der Waals surface area contributed by atoms with Gasteiger partial charge in [-0.1, -0.05) is 20.3 Å². The third kappa shape index (κ3) is 6.16. The number of carboxylic acid groups (broad SMARTS) is 1. The monoisotopic (exact) mass is 294 g/mol. The van der Waals surface area contributed by atoms with Crippen LogP contribution in [0.2, 0.25) is 0 Å². The zero-order valence-corrected chi connectivity index (χ0v) is 12.4. The van der Waals surface area contributed by atoms with Crippen molar-refractivity contribution in [3.05, 3.63) is 24.3 Å². The molecule has 0 aliphatic heterocycles. The van der Waals surface area contributed by atoms with Gasteiger partial charge in [-0.3, -0.25) is 0 Å². The van der Waals surface area contributed by atoms with Crippen LogP contribution in [-0.4, -0.2) is 29.8 Å². The molecular weight excluding hydrogens is 272 g/mol. The lowest BCUT2D eigenvalue weighted by molar-refractivity contribution is -0.139. The normalized spacial score (nSPS) is 11.5. The van der Waals surface area contributed by atoms with Crippen LogP contribution in [0.15, 0.2) is 24.3 Å². The summed E-state index contributed by atoms with van der Waals surface area (Å²) in [7, 11) is 0. The Labute approximate surface area is 124 Å². The Morgan fingerprint density at radius 3 is 2.38 bits per heavy atom. The minimum absolute atomic E-state index is 0.395. The van der Waals surface area contributed by atoms with Crippen molar-refractivity contribution >= 4 is 17.7 Å². The maximum atomic E-state index is 11.7. The number of carbonyl (C=O) groups is 2. The largest absolute Gasteiger partial charge is 0.494 e. The summed E-state index contributed by atoms with van der Waals surface area (Å²) >= 11 is 0. The molecule has 0 saturated carbocycles. The van der Waals surface area contributed by atoms with E-state index >= 15 is 0 Å². The lowest BCUT2D eigenvalue weighted by Gasteiger charge is -2.14. The number of ether oxygens (including phenoxy) is 1. The van der Waals surface area contributed by atoms with E-state index in [0.717, 1.165) is 12.2 Å². The predicted octanol–water partition coefficient (Wildman–Crippen LogP) is 2.85. The lowest BCUT2D eigenvalue weighted by atomic mass is 10.2. The van der Waals surface area contributed by atoms with Crippen molar-refractivity contribution in [2.45, 2.75) is 39.2 Å². The first kappa shape index (κ1) is 16.8. The Bertz CT molecular complexity index is 459. The molecule has 0 unspecified atom stereocenters. The highest BCUT2D eigenvalue weighted by atomic mass is 16.5. The summed E-state index contributed by atoms with van der Waals surface area (Å²) in [4.78, 5) is 22.7. The maximum Gasteiger partial charge on any atom is 0.326 e. The van der Waals surface area contributed by atoms with E-state index in [1.807, 2.05) is 13.8 Å². The predicted molar refractivity (Wildman–Crippen MR) is 80.7 cm³/mol. The molecule has 0 bridgehead atoms. The molecule has 0 saturated heterocycles. The van der Waals surface area contributed by atoms with E-state index in [-0.39, 0.29) is 0 Å². The molecule has 0 heterocycles. The van der Waals surface area contributed by atoms with Crippen molar-refractivity contribution in [2.75, 3.05) is 11.9 Å². The summed E-state index contributed by atoms with van der Waals surface area (Å²) in [6.07, 6.45) is 2.00. The second-order valence-electron chi connectivity index (χ2n) is 4.65. The molecule has 6 heteroatoms. The third-order valence-corrected chi connectivity index (χ3v) is 2.77. The van der Waals surface area contributed by atoms with Crippen molar-refractivity contribution in [1.29, 1.82) is 0 Å². The standard InChI is InChI=1S/C15H22N2O4/c1-3-5-13(14(18)19)17-15(20)16-11-6-8-12(9-7-11)21-10-4-2/h6-9,13H,3-5,10H2,1-2H3,(H,18,19)(H2,16,17,20)/t13-/m0/s1. The summed E-state index contributed by atoms with van der Waals surface area (Å²) in [5.74, 6) is -0.299. The number of carbonyl (C=O) groups excluding carboxylic acids is 1. The highest BCUT2D eigenvalue weighted by Gasteiger charge is 2.18. The van der Waals surface area contributed by atoms with Crippen LogP contribution in [0.4, 0.5) is 10.5 Å². The Balaban J connectivity index is 2.52. The van der Waals surface area contributed by atoms with E-state index in [1.165, 1.54) is 0 Å². The molecule has 2 amide bonds. The van der Waals surface area contributed by atoms with Crippen LogP contribution in [0.1, 0.15) is 33.1 Å². The average Bonchev–Trinajstić information content (AvgIpc) is 2.46. The molecule has 1 aromatic rings. The van der Waals surface area contributed by atoms with Gasteiger partial charge in [-0.15, -0.1) is 0 Å². The lowest BCUT2D eigenvalue weighted by Crippen LogP contribution is -2.42. The van der Waals surface area contributed by atoms with Gasteiger partial charge in [0, 0.05) is 5.69 Å². The second kappa shape index (κ2) is 8.84. The molecule has 21 heavy (non-hydrogen) atoms. The summed E-state index contributed by atoms with van der Waals surface area (Å²) in [5.41, 5.74) is 0.581. The number of hydrogen-bond donors (Lipinski definition) is 3. The maximum absolute atomic E-state index is 11.7. The van der Waals surface area contributed by atoms with Crippen molar-refractivity contribution < 1.29 is 19.4 Å². The van der Waals surface area contributed by atoms with Gasteiger partial charge in [0.1, 0.15) is 11.8 Å². The molecule has 116 valence electrons. The van der Waals surface area contributed by atoms with Crippen LogP contribution >= 0.6 is 0 Å². The quantitative estimate of drug-likeness (QED) is 0.688. The Morgan fingerprint density at radius 2 is 1.86 bits per heavy atom. The first-order valence-electron chi connectivity index (χ1n) is 7.10. The van der Waals surface area contributed by atoms with Crippen molar-refractivity contribution in [2.24, 2.45) is 0 Å². The first-order valence-corrected chi connectivity index (χ1v) is 7.10. The van der Waals surface area contributed by atoms with E-state index in [0.29, 0.717) is 25.1 Å². The SMILES string of the molecule is CCCOc1ccc(NC(=O)N[C@@H](CCC)C(=O)O)cc1. The second-order valence-corrected chi connectivity index (χ2v) is 4.65. The zero-order valence-electron chi connectivity index (χ0n) is 12.4. The molecule has 0 aliphatic carbocycles. The van der Waals surface area contributed by atoms with Gasteiger partial charge < -0.3 is 20.5 Å². The van der Waals surface area contributed by atoms with Crippen LogP contribution in [-0.2, 0) is 4.79 Å². The van der Waals surface area contributed by atoms with Gasteiger partial charge in [0.05, 0.1) is 6.61 Å². The van der Waals surface area contributed by atoms with Crippen LogP contribution in [0.25, 0.3) is 0 Å². The number of rotatable bonds is 8. The molecule has 1 atom stereocenters. The Kier molecular flexibility index (Phi) is 7.08. The van der Waals surface area contributed by atoms with E-state index < -0.39 is 18.0 Å². The smallest absolute Gasteiger partial charge is 0.326 e. The number of nitrogens with one attached hydrogen (secondary N) is 2. The molecule has 0 spiro atoms. The Hall–Kier alpha value is -2.24. The summed E-state index contributed by atoms with van der Waals surface area (Å²) in [6.45, 7) is 4.53. The van der Waals surface area contributed by atoms with E-state index in [9.17, 15) is 9.59 Å². The van der Waals surface area contributed by atoms with E-state index in [1.54, 1.807) is 24.3 Å². The van der Waals surface area contributed by atoms with Gasteiger partial charge >= 0.3 is 12.0 Å². The number of aliphatic carboxylic acids is 1. The molecule has 0 aromatic heterocycles. The number of urea groups is 1. The first-order chi connectivity index (χ1) is 10.1. The molecule has 0 radical (unpaired) electrons. The summed E-state index contributed by atoms with van der Waals surface area (Å²) in [5, 5.41) is 14.0. The van der Waals surface area contributed by atoms with Gasteiger partial charge in [0.2, 0.25) is 0 Å². The van der Waals surface area contributed by atoms with E-state index in [4.69, 9.17) is 9.84 Å². The summed E-state index contributed by atoms with van der Waals surface area (Å²) < 4.78 is 5.44. The third-order valence-electron chi connectivity index (χ3n) is 2.77. The molecular formula is C15H22N2O4. The number of anilines is 1. The van der Waals surface area contributed by atoms with Crippen molar-refractivity contribution in [3.8, 4) is 5.75 Å². The molecule has 0 fully saturated rings. The highest BCUT2D eigenvalue weighted by Crippen LogP contribution is 2.15.